The van der Waals surface area contributed by atoms with E-state index in [2.05, 4.69) is 143 Å². The van der Waals surface area contributed by atoms with Crippen LogP contribution < -0.4 is 0 Å². The van der Waals surface area contributed by atoms with E-state index >= 15 is 0 Å². The maximum Gasteiger partial charge on any atom is 0.0366 e. The number of halogens is 1. The van der Waals surface area contributed by atoms with Crippen LogP contribution in [0.3, 0.4) is 0 Å². The highest BCUT2D eigenvalue weighted by atomic mass is 79.9. The summed E-state index contributed by atoms with van der Waals surface area (Å²) in [5.41, 5.74) is 5.16. The van der Waals surface area contributed by atoms with Gasteiger partial charge in [0, 0.05) is 24.6 Å². The Balaban J connectivity index is 1.49. The molecule has 0 fully saturated rings. The standard InChI is InChI=1S/C36H21BrS/c37-24-17-19-27-26-18-16-23(20-33(26)38-34(27)21-24)35-29-11-3-5-13-31(29)36(32-14-6-4-12-30(32)35)28-15-7-9-22-8-1-2-10-25(22)28/h1-21H. The second-order valence-corrected chi connectivity index (χ2v) is 11.8. The van der Waals surface area contributed by atoms with Crippen molar-refractivity contribution in [2.45, 2.75) is 0 Å². The average molecular weight is 566 g/mol. The summed E-state index contributed by atoms with van der Waals surface area (Å²) in [5, 5.41) is 10.4. The molecule has 2 heteroatoms. The van der Waals surface area contributed by atoms with Crippen LogP contribution >= 0.6 is 27.3 Å². The number of rotatable bonds is 2. The Bertz CT molecular complexity index is 2140. The van der Waals surface area contributed by atoms with Crippen LogP contribution in [0.1, 0.15) is 0 Å². The lowest BCUT2D eigenvalue weighted by Crippen LogP contribution is -1.91. The van der Waals surface area contributed by atoms with Gasteiger partial charge in [0.05, 0.1) is 0 Å². The Morgan fingerprint density at radius 3 is 1.68 bits per heavy atom. The third kappa shape index (κ3) is 3.27. The average Bonchev–Trinajstić information content (AvgIpc) is 3.32. The largest absolute Gasteiger partial charge is 0.135 e. The van der Waals surface area contributed by atoms with Gasteiger partial charge in [-0.15, -0.1) is 11.3 Å². The number of hydrogen-bond acceptors (Lipinski definition) is 1. The van der Waals surface area contributed by atoms with Crippen LogP contribution in [0.15, 0.2) is 132 Å². The predicted molar refractivity (Wildman–Crippen MR) is 170 cm³/mol. The third-order valence-electron chi connectivity index (χ3n) is 7.71. The Hall–Kier alpha value is -3.98. The van der Waals surface area contributed by atoms with E-state index in [4.69, 9.17) is 0 Å². The first kappa shape index (κ1) is 22.0. The number of benzene rings is 7. The zero-order valence-electron chi connectivity index (χ0n) is 20.4. The monoisotopic (exact) mass is 564 g/mol. The molecule has 0 saturated heterocycles. The molecule has 1 aromatic heterocycles. The molecule has 0 atom stereocenters. The molecular formula is C36H21BrS. The van der Waals surface area contributed by atoms with Crippen molar-refractivity contribution in [1.82, 2.24) is 0 Å². The van der Waals surface area contributed by atoms with Crippen LogP contribution in [0.4, 0.5) is 0 Å². The molecule has 8 rings (SSSR count). The molecule has 0 N–H and O–H groups in total. The Morgan fingerprint density at radius 2 is 0.974 bits per heavy atom. The molecule has 0 spiro atoms. The molecule has 7 aromatic carbocycles. The second kappa shape index (κ2) is 8.52. The molecule has 0 radical (unpaired) electrons. The molecule has 0 saturated carbocycles. The summed E-state index contributed by atoms with van der Waals surface area (Å²) >= 11 is 5.51. The van der Waals surface area contributed by atoms with E-state index < -0.39 is 0 Å². The maximum atomic E-state index is 3.64. The minimum Gasteiger partial charge on any atom is -0.135 e. The van der Waals surface area contributed by atoms with Gasteiger partial charge in [-0.2, -0.15) is 0 Å². The van der Waals surface area contributed by atoms with E-state index in [0.717, 1.165) is 4.47 Å². The van der Waals surface area contributed by atoms with E-state index in [-0.39, 0.29) is 0 Å². The van der Waals surface area contributed by atoms with Crippen LogP contribution in [0.5, 0.6) is 0 Å². The van der Waals surface area contributed by atoms with Gasteiger partial charge in [-0.3, -0.25) is 0 Å². The van der Waals surface area contributed by atoms with Gasteiger partial charge in [0.1, 0.15) is 0 Å². The van der Waals surface area contributed by atoms with Crippen molar-refractivity contribution in [2.24, 2.45) is 0 Å². The Kier molecular flexibility index (Phi) is 4.95. The summed E-state index contributed by atoms with van der Waals surface area (Å²) in [6, 6.07) is 46.8. The molecule has 0 aliphatic rings. The molecule has 0 nitrogen and oxygen atoms in total. The topological polar surface area (TPSA) is 0 Å². The summed E-state index contributed by atoms with van der Waals surface area (Å²) in [6.07, 6.45) is 0. The minimum atomic E-state index is 1.12. The van der Waals surface area contributed by atoms with E-state index in [0.29, 0.717) is 0 Å². The number of thiophene rings is 1. The first-order valence-corrected chi connectivity index (χ1v) is 14.4. The fraction of sp³-hybridized carbons (Fsp3) is 0. The lowest BCUT2D eigenvalue weighted by molar-refractivity contribution is 1.69. The van der Waals surface area contributed by atoms with Gasteiger partial charge < -0.3 is 0 Å². The quantitative estimate of drug-likeness (QED) is 0.183. The Labute approximate surface area is 232 Å². The number of hydrogen-bond donors (Lipinski definition) is 0. The summed E-state index contributed by atoms with van der Waals surface area (Å²) in [4.78, 5) is 0. The van der Waals surface area contributed by atoms with Crippen molar-refractivity contribution < 1.29 is 0 Å². The fourth-order valence-electron chi connectivity index (χ4n) is 6.08. The Morgan fingerprint density at radius 1 is 0.421 bits per heavy atom. The fourth-order valence-corrected chi connectivity index (χ4v) is 7.78. The molecule has 178 valence electrons. The van der Waals surface area contributed by atoms with E-state index in [1.807, 2.05) is 11.3 Å². The lowest BCUT2D eigenvalue weighted by atomic mass is 9.84. The molecule has 0 amide bonds. The zero-order chi connectivity index (χ0) is 25.2. The molecule has 0 bridgehead atoms. The van der Waals surface area contributed by atoms with Gasteiger partial charge in [-0.05, 0) is 72.8 Å². The SMILES string of the molecule is Brc1ccc2c(c1)sc1cc(-c3c4ccccc4c(-c4cccc5ccccc45)c4ccccc34)ccc12. The van der Waals surface area contributed by atoms with Gasteiger partial charge in [0.2, 0.25) is 0 Å². The zero-order valence-corrected chi connectivity index (χ0v) is 22.8. The maximum absolute atomic E-state index is 3.64. The van der Waals surface area contributed by atoms with Gasteiger partial charge in [-0.1, -0.05) is 125 Å². The summed E-state index contributed by atoms with van der Waals surface area (Å²) in [5.74, 6) is 0. The highest BCUT2D eigenvalue weighted by molar-refractivity contribution is 9.10. The highest BCUT2D eigenvalue weighted by Crippen LogP contribution is 2.46. The lowest BCUT2D eigenvalue weighted by Gasteiger charge is -2.18. The van der Waals surface area contributed by atoms with E-state index in [9.17, 15) is 0 Å². The van der Waals surface area contributed by atoms with Crippen molar-refractivity contribution in [3.63, 3.8) is 0 Å². The molecule has 8 aromatic rings. The van der Waals surface area contributed by atoms with Crippen molar-refractivity contribution in [1.29, 1.82) is 0 Å². The molecule has 0 aliphatic heterocycles. The number of fused-ring (bicyclic) bond motifs is 6. The normalized spacial score (nSPS) is 11.8. The highest BCUT2D eigenvalue weighted by Gasteiger charge is 2.18. The summed E-state index contributed by atoms with van der Waals surface area (Å²) in [6.45, 7) is 0. The minimum absolute atomic E-state index is 1.12. The smallest absolute Gasteiger partial charge is 0.0366 e. The third-order valence-corrected chi connectivity index (χ3v) is 9.32. The summed E-state index contributed by atoms with van der Waals surface area (Å²) in [7, 11) is 0. The molecular weight excluding hydrogens is 544 g/mol. The van der Waals surface area contributed by atoms with Crippen LogP contribution in [0.25, 0.3) is 74.7 Å². The van der Waals surface area contributed by atoms with Crippen molar-refractivity contribution in [3.05, 3.63) is 132 Å². The van der Waals surface area contributed by atoms with Crippen LogP contribution in [0, 0.1) is 0 Å². The second-order valence-electron chi connectivity index (χ2n) is 9.82. The molecule has 0 unspecified atom stereocenters. The summed E-state index contributed by atoms with van der Waals surface area (Å²) < 4.78 is 3.76. The molecule has 0 aliphatic carbocycles. The predicted octanol–water partition coefficient (Wildman–Crippen LogP) is 11.6. The van der Waals surface area contributed by atoms with Gasteiger partial charge in [0.25, 0.3) is 0 Å². The van der Waals surface area contributed by atoms with Crippen molar-refractivity contribution >= 4 is 79.8 Å². The van der Waals surface area contributed by atoms with Crippen LogP contribution in [0.2, 0.25) is 0 Å². The van der Waals surface area contributed by atoms with Crippen LogP contribution in [-0.4, -0.2) is 0 Å². The van der Waals surface area contributed by atoms with Crippen molar-refractivity contribution in [2.75, 3.05) is 0 Å². The van der Waals surface area contributed by atoms with Gasteiger partial charge in [-0.25, -0.2) is 0 Å². The van der Waals surface area contributed by atoms with Gasteiger partial charge in [0.15, 0.2) is 0 Å². The first-order valence-electron chi connectivity index (χ1n) is 12.8. The molecule has 38 heavy (non-hydrogen) atoms. The van der Waals surface area contributed by atoms with Gasteiger partial charge >= 0.3 is 0 Å². The van der Waals surface area contributed by atoms with Crippen molar-refractivity contribution in [3.8, 4) is 22.3 Å². The van der Waals surface area contributed by atoms with E-state index in [1.54, 1.807) is 0 Å². The van der Waals surface area contributed by atoms with Crippen LogP contribution in [-0.2, 0) is 0 Å². The first-order chi connectivity index (χ1) is 18.8. The molecule has 1 heterocycles. The van der Waals surface area contributed by atoms with E-state index in [1.165, 1.54) is 74.7 Å².